The Bertz CT molecular complexity index is 573. The molecule has 0 aliphatic carbocycles. The van der Waals surface area contributed by atoms with Gasteiger partial charge in [-0.3, -0.25) is 4.79 Å². The second kappa shape index (κ2) is 5.86. The van der Waals surface area contributed by atoms with E-state index in [1.807, 2.05) is 31.2 Å². The van der Waals surface area contributed by atoms with Gasteiger partial charge in [-0.1, -0.05) is 18.2 Å². The second-order valence-electron chi connectivity index (χ2n) is 4.17. The highest BCUT2D eigenvalue weighted by atomic mass is 32.1. The first-order valence-corrected chi connectivity index (χ1v) is 6.67. The van der Waals surface area contributed by atoms with Gasteiger partial charge in [0.2, 0.25) is 0 Å². The Morgan fingerprint density at radius 2 is 2.16 bits per heavy atom. The van der Waals surface area contributed by atoms with E-state index in [4.69, 9.17) is 10.5 Å². The molecular formula is C14H16N2O2S. The van der Waals surface area contributed by atoms with E-state index in [0.29, 0.717) is 17.2 Å². The zero-order valence-electron chi connectivity index (χ0n) is 10.9. The summed E-state index contributed by atoms with van der Waals surface area (Å²) in [6, 6.07) is 9.28. The molecule has 1 amide bonds. The fraction of sp³-hybridized carbons (Fsp3) is 0.214. The largest absolute Gasteiger partial charge is 0.398 e. The van der Waals surface area contributed by atoms with Crippen LogP contribution in [0.15, 0.2) is 30.3 Å². The maximum Gasteiger partial charge on any atom is 0.265 e. The number of anilines is 2. The lowest BCUT2D eigenvalue weighted by atomic mass is 10.2. The number of nitrogen functional groups attached to an aromatic ring is 1. The number of nitrogens with two attached hydrogens (primary N) is 1. The number of para-hydroxylation sites is 1. The third-order valence-corrected chi connectivity index (χ3v) is 3.81. The number of aryl methyl sites for hydroxylation is 1. The van der Waals surface area contributed by atoms with Gasteiger partial charge in [0.05, 0.1) is 11.5 Å². The first-order chi connectivity index (χ1) is 9.11. The Hall–Kier alpha value is -1.85. The van der Waals surface area contributed by atoms with Crippen molar-refractivity contribution < 1.29 is 9.53 Å². The van der Waals surface area contributed by atoms with Gasteiger partial charge in [0.15, 0.2) is 0 Å². The molecule has 0 aliphatic rings. The number of rotatable bonds is 4. The molecule has 4 nitrogen and oxygen atoms in total. The van der Waals surface area contributed by atoms with Crippen LogP contribution in [0.5, 0.6) is 0 Å². The Labute approximate surface area is 116 Å². The molecule has 0 aliphatic heterocycles. The van der Waals surface area contributed by atoms with Gasteiger partial charge >= 0.3 is 0 Å². The van der Waals surface area contributed by atoms with Crippen molar-refractivity contribution >= 4 is 28.6 Å². The minimum absolute atomic E-state index is 0.145. The SMILES string of the molecule is COCc1ccccc1NC(=O)c1cc(N)c(C)s1. The molecule has 0 fully saturated rings. The summed E-state index contributed by atoms with van der Waals surface area (Å²) in [6.07, 6.45) is 0. The average molecular weight is 276 g/mol. The van der Waals surface area contributed by atoms with Crippen molar-refractivity contribution in [2.24, 2.45) is 0 Å². The van der Waals surface area contributed by atoms with Crippen LogP contribution in [0.1, 0.15) is 20.1 Å². The van der Waals surface area contributed by atoms with Gasteiger partial charge in [0, 0.05) is 28.9 Å². The standard InChI is InChI=1S/C14H16N2O2S/c1-9-11(15)7-13(19-9)14(17)16-12-6-4-3-5-10(12)8-18-2/h3-7H,8,15H2,1-2H3,(H,16,17). The van der Waals surface area contributed by atoms with Crippen LogP contribution in [0.2, 0.25) is 0 Å². The number of hydrogen-bond donors (Lipinski definition) is 2. The molecule has 0 radical (unpaired) electrons. The lowest BCUT2D eigenvalue weighted by Crippen LogP contribution is -2.12. The summed E-state index contributed by atoms with van der Waals surface area (Å²) in [5.74, 6) is -0.145. The highest BCUT2D eigenvalue weighted by molar-refractivity contribution is 7.14. The molecule has 0 saturated heterocycles. The number of nitrogens with one attached hydrogen (secondary N) is 1. The number of benzene rings is 1. The van der Waals surface area contributed by atoms with E-state index in [1.165, 1.54) is 11.3 Å². The van der Waals surface area contributed by atoms with Gasteiger partial charge in [-0.25, -0.2) is 0 Å². The summed E-state index contributed by atoms with van der Waals surface area (Å²) >= 11 is 1.39. The van der Waals surface area contributed by atoms with Gasteiger partial charge in [-0.15, -0.1) is 11.3 Å². The molecule has 1 heterocycles. The number of ether oxygens (including phenoxy) is 1. The van der Waals surface area contributed by atoms with E-state index >= 15 is 0 Å². The summed E-state index contributed by atoms with van der Waals surface area (Å²) in [6.45, 7) is 2.36. The van der Waals surface area contributed by atoms with Gasteiger partial charge in [-0.2, -0.15) is 0 Å². The van der Waals surface area contributed by atoms with Gasteiger partial charge in [0.1, 0.15) is 0 Å². The van der Waals surface area contributed by atoms with Crippen molar-refractivity contribution in [3.05, 3.63) is 45.6 Å². The monoisotopic (exact) mass is 276 g/mol. The number of carbonyl (C=O) groups excluding carboxylic acids is 1. The van der Waals surface area contributed by atoms with Crippen LogP contribution < -0.4 is 11.1 Å². The Morgan fingerprint density at radius 3 is 2.79 bits per heavy atom. The normalized spacial score (nSPS) is 10.4. The summed E-state index contributed by atoms with van der Waals surface area (Å²) < 4.78 is 5.11. The molecule has 1 aromatic heterocycles. The molecule has 0 saturated carbocycles. The van der Waals surface area contributed by atoms with Crippen LogP contribution in [-0.2, 0) is 11.3 Å². The van der Waals surface area contributed by atoms with Crippen LogP contribution in [0, 0.1) is 6.92 Å². The fourth-order valence-electron chi connectivity index (χ4n) is 1.72. The van der Waals surface area contributed by atoms with E-state index in [0.717, 1.165) is 16.1 Å². The molecule has 2 rings (SSSR count). The molecule has 100 valence electrons. The van der Waals surface area contributed by atoms with E-state index in [1.54, 1.807) is 13.2 Å². The predicted octanol–water partition coefficient (Wildman–Crippen LogP) is 3.04. The van der Waals surface area contributed by atoms with Crippen molar-refractivity contribution in [2.45, 2.75) is 13.5 Å². The van der Waals surface area contributed by atoms with Crippen molar-refractivity contribution in [3.63, 3.8) is 0 Å². The topological polar surface area (TPSA) is 64.3 Å². The maximum absolute atomic E-state index is 12.1. The molecule has 0 bridgehead atoms. The molecule has 2 aromatic rings. The first-order valence-electron chi connectivity index (χ1n) is 5.86. The second-order valence-corrected chi connectivity index (χ2v) is 5.42. The number of amides is 1. The summed E-state index contributed by atoms with van der Waals surface area (Å²) in [5, 5.41) is 2.89. The van der Waals surface area contributed by atoms with Crippen LogP contribution in [0.25, 0.3) is 0 Å². The minimum atomic E-state index is -0.145. The Kier molecular flexibility index (Phi) is 4.19. The van der Waals surface area contributed by atoms with Gasteiger partial charge in [0.25, 0.3) is 5.91 Å². The average Bonchev–Trinajstić information content (AvgIpc) is 2.72. The Morgan fingerprint density at radius 1 is 1.42 bits per heavy atom. The molecule has 3 N–H and O–H groups in total. The zero-order chi connectivity index (χ0) is 13.8. The first kappa shape index (κ1) is 13.6. The predicted molar refractivity (Wildman–Crippen MR) is 78.6 cm³/mol. The smallest absolute Gasteiger partial charge is 0.265 e. The molecule has 19 heavy (non-hydrogen) atoms. The van der Waals surface area contributed by atoms with E-state index in [2.05, 4.69) is 5.32 Å². The third kappa shape index (κ3) is 3.13. The minimum Gasteiger partial charge on any atom is -0.398 e. The number of hydrogen-bond acceptors (Lipinski definition) is 4. The molecule has 0 unspecified atom stereocenters. The summed E-state index contributed by atoms with van der Waals surface area (Å²) in [7, 11) is 1.63. The van der Waals surface area contributed by atoms with E-state index in [-0.39, 0.29) is 5.91 Å². The van der Waals surface area contributed by atoms with Crippen LogP contribution in [0.4, 0.5) is 11.4 Å². The molecule has 0 atom stereocenters. The zero-order valence-corrected chi connectivity index (χ0v) is 11.7. The van der Waals surface area contributed by atoms with Crippen molar-refractivity contribution in [1.29, 1.82) is 0 Å². The van der Waals surface area contributed by atoms with Gasteiger partial charge < -0.3 is 15.8 Å². The highest BCUT2D eigenvalue weighted by Gasteiger charge is 2.12. The lowest BCUT2D eigenvalue weighted by Gasteiger charge is -2.09. The van der Waals surface area contributed by atoms with Crippen LogP contribution in [0.3, 0.4) is 0 Å². The quantitative estimate of drug-likeness (QED) is 0.902. The number of methoxy groups -OCH3 is 1. The number of thiophene rings is 1. The van der Waals surface area contributed by atoms with Crippen molar-refractivity contribution in [2.75, 3.05) is 18.2 Å². The van der Waals surface area contributed by atoms with E-state index < -0.39 is 0 Å². The highest BCUT2D eigenvalue weighted by Crippen LogP contribution is 2.25. The third-order valence-electron chi connectivity index (χ3n) is 2.75. The van der Waals surface area contributed by atoms with Crippen molar-refractivity contribution in [1.82, 2.24) is 0 Å². The number of carbonyl (C=O) groups is 1. The van der Waals surface area contributed by atoms with Crippen LogP contribution >= 0.6 is 11.3 Å². The van der Waals surface area contributed by atoms with E-state index in [9.17, 15) is 4.79 Å². The van der Waals surface area contributed by atoms with Gasteiger partial charge in [-0.05, 0) is 19.1 Å². The summed E-state index contributed by atoms with van der Waals surface area (Å²) in [5.41, 5.74) is 8.12. The molecule has 5 heteroatoms. The molecule has 1 aromatic carbocycles. The Balaban J connectivity index is 2.19. The fourth-order valence-corrected chi connectivity index (χ4v) is 2.55. The molecule has 0 spiro atoms. The lowest BCUT2D eigenvalue weighted by molar-refractivity contribution is 0.103. The van der Waals surface area contributed by atoms with Crippen molar-refractivity contribution in [3.8, 4) is 0 Å². The molecular weight excluding hydrogens is 260 g/mol. The summed E-state index contributed by atoms with van der Waals surface area (Å²) in [4.78, 5) is 13.7. The van der Waals surface area contributed by atoms with Crippen LogP contribution in [-0.4, -0.2) is 13.0 Å². The maximum atomic E-state index is 12.1.